The molecule has 2 heteroatoms. The third-order valence-electron chi connectivity index (χ3n) is 1.64. The summed E-state index contributed by atoms with van der Waals surface area (Å²) in [6.07, 6.45) is 4.74. The van der Waals surface area contributed by atoms with Crippen molar-refractivity contribution in [2.75, 3.05) is 6.61 Å². The van der Waals surface area contributed by atoms with Gasteiger partial charge >= 0.3 is 0 Å². The fourth-order valence-corrected chi connectivity index (χ4v) is 0.913. The Kier molecular flexibility index (Phi) is 2.93. The Morgan fingerprint density at radius 1 is 1.73 bits per heavy atom. The molecule has 0 aliphatic rings. The highest BCUT2D eigenvalue weighted by Gasteiger charge is 1.91. The molecule has 0 amide bonds. The summed E-state index contributed by atoms with van der Waals surface area (Å²) in [7, 11) is 0. The molecule has 0 saturated heterocycles. The van der Waals surface area contributed by atoms with Crippen LogP contribution in [0.4, 0.5) is 0 Å². The summed E-state index contributed by atoms with van der Waals surface area (Å²) in [5, 5.41) is 8.84. The van der Waals surface area contributed by atoms with Crippen LogP contribution in [-0.2, 0) is 0 Å². The van der Waals surface area contributed by atoms with Gasteiger partial charge < -0.3 is 10.1 Å². The highest BCUT2D eigenvalue weighted by molar-refractivity contribution is 5.48. The number of rotatable bonds is 3. The van der Waals surface area contributed by atoms with Crippen LogP contribution in [0.25, 0.3) is 6.08 Å². The molecule has 0 aromatic carbocycles. The third kappa shape index (κ3) is 2.24. The van der Waals surface area contributed by atoms with Crippen LogP contribution in [0, 0.1) is 0 Å². The lowest BCUT2D eigenvalue weighted by molar-refractivity contribution is 0.329. The Hall–Kier alpha value is -1.02. The summed E-state index contributed by atoms with van der Waals surface area (Å²) in [6, 6.07) is 3.92. The number of aliphatic hydroxyl groups excluding tert-OH is 1. The molecule has 0 unspecified atom stereocenters. The van der Waals surface area contributed by atoms with Gasteiger partial charge in [-0.25, -0.2) is 0 Å². The van der Waals surface area contributed by atoms with Crippen LogP contribution in [0.2, 0.25) is 0 Å². The van der Waals surface area contributed by atoms with E-state index in [1.165, 1.54) is 0 Å². The van der Waals surface area contributed by atoms with E-state index in [0.717, 1.165) is 17.7 Å². The number of nitrogens with one attached hydrogen (secondary N) is 1. The average molecular weight is 151 g/mol. The zero-order valence-electron chi connectivity index (χ0n) is 6.67. The van der Waals surface area contributed by atoms with Gasteiger partial charge in [0.15, 0.2) is 0 Å². The van der Waals surface area contributed by atoms with Crippen LogP contribution in [0.15, 0.2) is 23.9 Å². The molecule has 2 N–H and O–H groups in total. The molecule has 0 atom stereocenters. The molecule has 0 bridgehead atoms. The maximum Gasteiger partial charge on any atom is 0.0645 e. The predicted octanol–water partition coefficient (Wildman–Crippen LogP) is 1.80. The van der Waals surface area contributed by atoms with Gasteiger partial charge in [0.1, 0.15) is 0 Å². The molecule has 11 heavy (non-hydrogen) atoms. The van der Waals surface area contributed by atoms with Gasteiger partial charge in [0.25, 0.3) is 0 Å². The van der Waals surface area contributed by atoms with E-state index >= 15 is 0 Å². The molecule has 0 fully saturated rings. The number of aromatic nitrogens is 1. The molecule has 0 radical (unpaired) electrons. The van der Waals surface area contributed by atoms with Crippen molar-refractivity contribution in [2.24, 2.45) is 0 Å². The quantitative estimate of drug-likeness (QED) is 0.679. The van der Waals surface area contributed by atoms with E-state index in [-0.39, 0.29) is 6.61 Å². The minimum absolute atomic E-state index is 0.148. The highest BCUT2D eigenvalue weighted by Crippen LogP contribution is 2.06. The van der Waals surface area contributed by atoms with Gasteiger partial charge in [-0.15, -0.1) is 0 Å². The first kappa shape index (κ1) is 8.08. The minimum Gasteiger partial charge on any atom is -0.392 e. The van der Waals surface area contributed by atoms with Crippen LogP contribution in [0.3, 0.4) is 0 Å². The summed E-state index contributed by atoms with van der Waals surface area (Å²) < 4.78 is 0. The molecule has 1 rings (SSSR count). The Bertz CT molecular complexity index is 218. The summed E-state index contributed by atoms with van der Waals surface area (Å²) in [5.41, 5.74) is 2.10. The van der Waals surface area contributed by atoms with E-state index in [1.54, 1.807) is 0 Å². The molecule has 0 saturated carbocycles. The second-order valence-corrected chi connectivity index (χ2v) is 2.44. The lowest BCUT2D eigenvalue weighted by Gasteiger charge is -1.96. The molecule has 60 valence electrons. The molecule has 1 aromatic rings. The Morgan fingerprint density at radius 2 is 2.55 bits per heavy atom. The van der Waals surface area contributed by atoms with E-state index in [9.17, 15) is 0 Å². The summed E-state index contributed by atoms with van der Waals surface area (Å²) >= 11 is 0. The maximum absolute atomic E-state index is 8.84. The Morgan fingerprint density at radius 3 is 3.00 bits per heavy atom. The Balaban J connectivity index is 2.71. The van der Waals surface area contributed by atoms with Crippen molar-refractivity contribution in [2.45, 2.75) is 13.3 Å². The minimum atomic E-state index is 0.148. The van der Waals surface area contributed by atoms with Crippen molar-refractivity contribution in [3.63, 3.8) is 0 Å². The lowest BCUT2D eigenvalue weighted by atomic mass is 10.2. The van der Waals surface area contributed by atoms with Crippen molar-refractivity contribution in [1.29, 1.82) is 0 Å². The van der Waals surface area contributed by atoms with Gasteiger partial charge in [-0.2, -0.15) is 0 Å². The smallest absolute Gasteiger partial charge is 0.0645 e. The molecular weight excluding hydrogens is 138 g/mol. The molecule has 2 nitrogen and oxygen atoms in total. The fraction of sp³-hybridized carbons (Fsp3) is 0.333. The van der Waals surface area contributed by atoms with Crippen molar-refractivity contribution >= 4 is 6.08 Å². The standard InChI is InChI=1S/C9H13NO/c1-2-8(7-11)6-9-4-3-5-10-9/h3-6,10-11H,2,7H2,1H3. The fourth-order valence-electron chi connectivity index (χ4n) is 0.913. The summed E-state index contributed by atoms with van der Waals surface area (Å²) in [6.45, 7) is 2.18. The molecule has 1 heterocycles. The largest absolute Gasteiger partial charge is 0.392 e. The van der Waals surface area contributed by atoms with Crippen LogP contribution in [0.5, 0.6) is 0 Å². The van der Waals surface area contributed by atoms with Gasteiger partial charge in [0, 0.05) is 11.9 Å². The normalized spacial score (nSPS) is 12.0. The van der Waals surface area contributed by atoms with Crippen molar-refractivity contribution < 1.29 is 5.11 Å². The number of aliphatic hydroxyl groups is 1. The first-order valence-corrected chi connectivity index (χ1v) is 3.80. The van der Waals surface area contributed by atoms with Gasteiger partial charge in [0.2, 0.25) is 0 Å². The van der Waals surface area contributed by atoms with Crippen LogP contribution < -0.4 is 0 Å². The van der Waals surface area contributed by atoms with Crippen LogP contribution >= 0.6 is 0 Å². The zero-order chi connectivity index (χ0) is 8.10. The molecule has 1 aromatic heterocycles. The SMILES string of the molecule is CCC(=Cc1ccc[nH]1)CO. The molecular formula is C9H13NO. The van der Waals surface area contributed by atoms with E-state index in [2.05, 4.69) is 4.98 Å². The van der Waals surface area contributed by atoms with Gasteiger partial charge in [-0.05, 0) is 30.2 Å². The van der Waals surface area contributed by atoms with Crippen molar-refractivity contribution in [3.05, 3.63) is 29.6 Å². The average Bonchev–Trinajstić information content (AvgIpc) is 2.52. The van der Waals surface area contributed by atoms with Gasteiger partial charge in [-0.3, -0.25) is 0 Å². The summed E-state index contributed by atoms with van der Waals surface area (Å²) in [4.78, 5) is 3.05. The number of H-pyrrole nitrogens is 1. The predicted molar refractivity (Wildman–Crippen MR) is 46.1 cm³/mol. The molecule has 0 spiro atoms. The van der Waals surface area contributed by atoms with Crippen molar-refractivity contribution in [1.82, 2.24) is 4.98 Å². The van der Waals surface area contributed by atoms with E-state index in [4.69, 9.17) is 5.11 Å². The number of aromatic amines is 1. The van der Waals surface area contributed by atoms with E-state index < -0.39 is 0 Å². The Labute approximate surface area is 66.6 Å². The lowest BCUT2D eigenvalue weighted by Crippen LogP contribution is -1.87. The van der Waals surface area contributed by atoms with Crippen molar-refractivity contribution in [3.8, 4) is 0 Å². The van der Waals surface area contributed by atoms with Gasteiger partial charge in [0.05, 0.1) is 6.61 Å². The second kappa shape index (κ2) is 3.98. The van der Waals surface area contributed by atoms with Crippen LogP contribution in [0.1, 0.15) is 19.0 Å². The van der Waals surface area contributed by atoms with Crippen LogP contribution in [-0.4, -0.2) is 16.7 Å². The number of hydrogen-bond donors (Lipinski definition) is 2. The second-order valence-electron chi connectivity index (χ2n) is 2.44. The zero-order valence-corrected chi connectivity index (χ0v) is 6.67. The topological polar surface area (TPSA) is 36.0 Å². The molecule has 0 aliphatic carbocycles. The molecule has 0 aliphatic heterocycles. The van der Waals surface area contributed by atoms with E-state index in [0.29, 0.717) is 0 Å². The first-order valence-electron chi connectivity index (χ1n) is 3.80. The number of hydrogen-bond acceptors (Lipinski definition) is 1. The van der Waals surface area contributed by atoms with Gasteiger partial charge in [-0.1, -0.05) is 6.92 Å². The maximum atomic E-state index is 8.84. The monoisotopic (exact) mass is 151 g/mol. The third-order valence-corrected chi connectivity index (χ3v) is 1.64. The highest BCUT2D eigenvalue weighted by atomic mass is 16.3. The van der Waals surface area contributed by atoms with E-state index in [1.807, 2.05) is 31.3 Å². The summed E-state index contributed by atoms with van der Waals surface area (Å²) in [5.74, 6) is 0. The first-order chi connectivity index (χ1) is 5.36.